The van der Waals surface area contributed by atoms with Gasteiger partial charge in [-0.05, 0) is 86.8 Å². The van der Waals surface area contributed by atoms with Crippen molar-refractivity contribution < 1.29 is 23.8 Å². The van der Waals surface area contributed by atoms with Crippen molar-refractivity contribution >= 4 is 28.8 Å². The quantitative estimate of drug-likeness (QED) is 0.247. The molecule has 1 fully saturated rings. The number of anilines is 2. The van der Waals surface area contributed by atoms with Crippen molar-refractivity contribution in [3.8, 4) is 5.75 Å². The van der Waals surface area contributed by atoms with Crippen LogP contribution in [0.5, 0.6) is 5.75 Å². The Morgan fingerprint density at radius 1 is 0.973 bits per heavy atom. The third kappa shape index (κ3) is 4.81. The number of methoxy groups -OCH3 is 1. The maximum absolute atomic E-state index is 14.2. The summed E-state index contributed by atoms with van der Waals surface area (Å²) in [5.41, 5.74) is 3.94. The number of benzene rings is 3. The van der Waals surface area contributed by atoms with Crippen molar-refractivity contribution in [3.63, 3.8) is 0 Å². The molecule has 3 aromatic carbocycles. The summed E-state index contributed by atoms with van der Waals surface area (Å²) >= 11 is 0. The topological polar surface area (TPSA) is 70.1 Å². The Morgan fingerprint density at radius 2 is 1.59 bits per heavy atom. The minimum atomic E-state index is -0.917. The number of halogens is 1. The first-order chi connectivity index (χ1) is 17.7. The largest absolute Gasteiger partial charge is 0.507 e. The second-order valence-electron chi connectivity index (χ2n) is 9.12. The normalized spacial score (nSPS) is 16.8. The van der Waals surface area contributed by atoms with E-state index in [4.69, 9.17) is 4.74 Å². The predicted octanol–water partition coefficient (Wildman–Crippen LogP) is 5.92. The number of ketones is 1. The lowest BCUT2D eigenvalue weighted by Crippen LogP contribution is -2.29. The average molecular weight is 503 g/mol. The fourth-order valence-electron chi connectivity index (χ4n) is 4.97. The molecule has 3 aromatic rings. The van der Waals surface area contributed by atoms with Gasteiger partial charge < -0.3 is 14.7 Å². The number of aliphatic hydroxyl groups excluding tert-OH is 1. The lowest BCUT2D eigenvalue weighted by atomic mass is 9.94. The Bertz CT molecular complexity index is 1360. The Morgan fingerprint density at radius 3 is 2.16 bits per heavy atom. The molecule has 4 rings (SSSR count). The number of carbonyl (C=O) groups is 2. The van der Waals surface area contributed by atoms with Crippen LogP contribution >= 0.6 is 0 Å². The number of hydrogen-bond donors (Lipinski definition) is 1. The summed E-state index contributed by atoms with van der Waals surface area (Å²) in [4.78, 5) is 30.5. The van der Waals surface area contributed by atoms with E-state index in [-0.39, 0.29) is 16.9 Å². The van der Waals surface area contributed by atoms with E-state index in [9.17, 15) is 19.1 Å². The van der Waals surface area contributed by atoms with Gasteiger partial charge in [0, 0.05) is 24.5 Å². The fourth-order valence-corrected chi connectivity index (χ4v) is 4.97. The maximum atomic E-state index is 14.2. The molecule has 1 unspecified atom stereocenters. The van der Waals surface area contributed by atoms with Crippen molar-refractivity contribution in [2.75, 3.05) is 30.0 Å². The van der Waals surface area contributed by atoms with Gasteiger partial charge in [0.2, 0.25) is 0 Å². The average Bonchev–Trinajstić information content (AvgIpc) is 3.14. The highest BCUT2D eigenvalue weighted by Gasteiger charge is 2.47. The first kappa shape index (κ1) is 25.9. The number of nitrogens with zero attached hydrogens (tertiary/aromatic N) is 2. The maximum Gasteiger partial charge on any atom is 0.300 e. The first-order valence-corrected chi connectivity index (χ1v) is 12.3. The van der Waals surface area contributed by atoms with E-state index in [2.05, 4.69) is 18.7 Å². The summed E-state index contributed by atoms with van der Waals surface area (Å²) in [6.07, 6.45) is 0. The standard InChI is InChI=1S/C30H31FN2O4/c1-6-32(7-2)22-11-8-20(9-12-22)27-26(28(34)24-17-21(31)10-13-25(24)37-5)29(35)30(36)33(27)23-15-18(3)14-19(4)16-23/h8-17,27,34H,6-7H2,1-5H3/b28-26+. The lowest BCUT2D eigenvalue weighted by Gasteiger charge is -2.27. The van der Waals surface area contributed by atoms with Crippen molar-refractivity contribution in [2.45, 2.75) is 33.7 Å². The SMILES string of the molecule is CCN(CC)c1ccc(C2/C(=C(\O)c3cc(F)ccc3OC)C(=O)C(=O)N2c2cc(C)cc(C)c2)cc1. The van der Waals surface area contributed by atoms with E-state index in [1.54, 1.807) is 0 Å². The molecule has 37 heavy (non-hydrogen) atoms. The first-order valence-electron chi connectivity index (χ1n) is 12.3. The molecule has 192 valence electrons. The number of Topliss-reactive ketones (excluding diaryl/α,β-unsaturated/α-hetero) is 1. The molecule has 1 N–H and O–H groups in total. The second kappa shape index (κ2) is 10.5. The second-order valence-corrected chi connectivity index (χ2v) is 9.12. The number of hydrogen-bond acceptors (Lipinski definition) is 5. The van der Waals surface area contributed by atoms with Gasteiger partial charge >= 0.3 is 0 Å². The van der Waals surface area contributed by atoms with E-state index in [1.165, 1.54) is 24.1 Å². The predicted molar refractivity (Wildman–Crippen MR) is 144 cm³/mol. The van der Waals surface area contributed by atoms with Crippen LogP contribution in [0.1, 0.15) is 42.1 Å². The minimum absolute atomic E-state index is 0.00526. The molecule has 6 nitrogen and oxygen atoms in total. The Balaban J connectivity index is 1.96. The summed E-state index contributed by atoms with van der Waals surface area (Å²) in [5, 5.41) is 11.4. The van der Waals surface area contributed by atoms with Crippen LogP contribution in [0.2, 0.25) is 0 Å². The third-order valence-electron chi connectivity index (χ3n) is 6.68. The van der Waals surface area contributed by atoms with Crippen LogP contribution in [0, 0.1) is 19.7 Å². The van der Waals surface area contributed by atoms with Crippen LogP contribution in [-0.2, 0) is 9.59 Å². The summed E-state index contributed by atoms with van der Waals surface area (Å²) in [6.45, 7) is 9.63. The smallest absolute Gasteiger partial charge is 0.300 e. The van der Waals surface area contributed by atoms with Gasteiger partial charge in [-0.3, -0.25) is 14.5 Å². The molecule has 7 heteroatoms. The third-order valence-corrected chi connectivity index (χ3v) is 6.68. The molecule has 1 amide bonds. The molecule has 1 heterocycles. The Labute approximate surface area is 216 Å². The number of amides is 1. The van der Waals surface area contributed by atoms with Crippen molar-refractivity contribution in [1.82, 2.24) is 0 Å². The summed E-state index contributed by atoms with van der Waals surface area (Å²) in [7, 11) is 1.39. The Kier molecular flexibility index (Phi) is 7.34. The summed E-state index contributed by atoms with van der Waals surface area (Å²) in [6, 6.07) is 16.0. The highest BCUT2D eigenvalue weighted by atomic mass is 19.1. The molecule has 0 aliphatic carbocycles. The molecule has 1 saturated heterocycles. The van der Waals surface area contributed by atoms with Gasteiger partial charge in [0.05, 0.1) is 24.3 Å². The van der Waals surface area contributed by atoms with Gasteiger partial charge in [0.25, 0.3) is 11.7 Å². The summed E-state index contributed by atoms with van der Waals surface area (Å²) in [5.74, 6) is -2.52. The van der Waals surface area contributed by atoms with Crippen molar-refractivity contribution in [2.24, 2.45) is 0 Å². The molecule has 1 aliphatic heterocycles. The number of aryl methyl sites for hydroxylation is 2. The van der Waals surface area contributed by atoms with E-state index in [1.807, 2.05) is 56.3 Å². The van der Waals surface area contributed by atoms with E-state index in [0.717, 1.165) is 36.0 Å². The molecule has 0 saturated carbocycles. The zero-order chi connectivity index (χ0) is 26.9. The minimum Gasteiger partial charge on any atom is -0.507 e. The molecule has 0 radical (unpaired) electrons. The van der Waals surface area contributed by atoms with Gasteiger partial charge in [0.1, 0.15) is 17.3 Å². The van der Waals surface area contributed by atoms with Crippen LogP contribution in [0.4, 0.5) is 15.8 Å². The van der Waals surface area contributed by atoms with Crippen molar-refractivity contribution in [3.05, 3.63) is 94.3 Å². The van der Waals surface area contributed by atoms with Crippen LogP contribution < -0.4 is 14.5 Å². The molecule has 1 atom stereocenters. The zero-order valence-electron chi connectivity index (χ0n) is 21.7. The molecular weight excluding hydrogens is 471 g/mol. The molecule has 1 aliphatic rings. The van der Waals surface area contributed by atoms with Crippen LogP contribution in [0.25, 0.3) is 5.76 Å². The lowest BCUT2D eigenvalue weighted by molar-refractivity contribution is -0.132. The van der Waals surface area contributed by atoms with E-state index < -0.39 is 29.3 Å². The van der Waals surface area contributed by atoms with Crippen LogP contribution in [-0.4, -0.2) is 37.0 Å². The highest BCUT2D eigenvalue weighted by molar-refractivity contribution is 6.51. The van der Waals surface area contributed by atoms with Gasteiger partial charge in [-0.2, -0.15) is 0 Å². The zero-order valence-corrected chi connectivity index (χ0v) is 21.7. The van der Waals surface area contributed by atoms with Crippen LogP contribution in [0.15, 0.2) is 66.2 Å². The van der Waals surface area contributed by atoms with Gasteiger partial charge in [-0.15, -0.1) is 0 Å². The number of ether oxygens (including phenoxy) is 1. The fraction of sp³-hybridized carbons (Fsp3) is 0.267. The number of carbonyl (C=O) groups excluding carboxylic acids is 2. The highest BCUT2D eigenvalue weighted by Crippen LogP contribution is 2.44. The Hall–Kier alpha value is -4.13. The van der Waals surface area contributed by atoms with Gasteiger partial charge in [0.15, 0.2) is 0 Å². The van der Waals surface area contributed by atoms with Gasteiger partial charge in [-0.1, -0.05) is 18.2 Å². The summed E-state index contributed by atoms with van der Waals surface area (Å²) < 4.78 is 19.5. The van der Waals surface area contributed by atoms with E-state index >= 15 is 0 Å². The van der Waals surface area contributed by atoms with Crippen LogP contribution in [0.3, 0.4) is 0 Å². The number of rotatable bonds is 7. The molecule has 0 bridgehead atoms. The molecule has 0 aromatic heterocycles. The monoisotopic (exact) mass is 502 g/mol. The van der Waals surface area contributed by atoms with E-state index in [0.29, 0.717) is 11.3 Å². The van der Waals surface area contributed by atoms with Gasteiger partial charge in [-0.25, -0.2) is 4.39 Å². The number of aliphatic hydroxyl groups is 1. The van der Waals surface area contributed by atoms with Crippen molar-refractivity contribution in [1.29, 1.82) is 0 Å². The molecular formula is C30H31FN2O4. The molecule has 0 spiro atoms.